The smallest absolute Gasteiger partial charge is 0.0225 e. The summed E-state index contributed by atoms with van der Waals surface area (Å²) in [7, 11) is 0. The van der Waals surface area contributed by atoms with Gasteiger partial charge in [0.1, 0.15) is 0 Å². The van der Waals surface area contributed by atoms with Crippen molar-refractivity contribution in [3.63, 3.8) is 0 Å². The molecule has 0 unspecified atom stereocenters. The van der Waals surface area contributed by atoms with E-state index in [1.165, 1.54) is 0 Å². The lowest BCUT2D eigenvalue weighted by Crippen LogP contribution is -2.18. The summed E-state index contributed by atoms with van der Waals surface area (Å²) in [6.07, 6.45) is 1.79. The minimum absolute atomic E-state index is 0.452. The van der Waals surface area contributed by atoms with Gasteiger partial charge in [0.2, 0.25) is 0 Å². The highest BCUT2D eigenvalue weighted by Gasteiger charge is 1.74. The van der Waals surface area contributed by atoms with Gasteiger partial charge in [0.05, 0.1) is 0 Å². The van der Waals surface area contributed by atoms with Crippen LogP contribution in [0.15, 0.2) is 12.7 Å². The number of rotatable bonds is 4. The third-order valence-corrected chi connectivity index (χ3v) is 0.590. The van der Waals surface area contributed by atoms with E-state index in [1.807, 2.05) is 0 Å². The standard InChI is InChI=1S/C5H11N2/c1-2-4-7-5-3-6/h2,6-7H,1,3-5H2. The van der Waals surface area contributed by atoms with Crippen molar-refractivity contribution in [2.75, 3.05) is 19.6 Å². The second kappa shape index (κ2) is 5.66. The average molecular weight is 99.2 g/mol. The van der Waals surface area contributed by atoms with Crippen molar-refractivity contribution in [2.45, 2.75) is 0 Å². The molecule has 0 rings (SSSR count). The van der Waals surface area contributed by atoms with Gasteiger partial charge in [-0.25, -0.2) is 0 Å². The summed E-state index contributed by atoms with van der Waals surface area (Å²) in [5, 5.41) is 2.98. The van der Waals surface area contributed by atoms with Crippen LogP contribution in [0.1, 0.15) is 0 Å². The Morgan fingerprint density at radius 1 is 1.71 bits per heavy atom. The monoisotopic (exact) mass is 99.1 g/mol. The fourth-order valence-corrected chi connectivity index (χ4v) is 0.293. The number of hydrogen-bond donors (Lipinski definition) is 1. The third kappa shape index (κ3) is 5.66. The highest BCUT2D eigenvalue weighted by atomic mass is 14.9. The summed E-state index contributed by atoms with van der Waals surface area (Å²) in [5.74, 6) is 0. The van der Waals surface area contributed by atoms with E-state index in [1.54, 1.807) is 6.08 Å². The lowest BCUT2D eigenvalue weighted by Gasteiger charge is -1.92. The summed E-state index contributed by atoms with van der Waals surface area (Å²) in [5.41, 5.74) is 6.68. The van der Waals surface area contributed by atoms with Crippen molar-refractivity contribution in [1.29, 1.82) is 0 Å². The second-order valence-corrected chi connectivity index (χ2v) is 1.24. The predicted octanol–water partition coefficient (Wildman–Crippen LogP) is 0.0449. The van der Waals surface area contributed by atoms with Crippen molar-refractivity contribution in [2.24, 2.45) is 0 Å². The van der Waals surface area contributed by atoms with Gasteiger partial charge in [-0.2, -0.15) is 0 Å². The molecule has 0 amide bonds. The Balaban J connectivity index is 2.56. The van der Waals surface area contributed by atoms with E-state index < -0.39 is 0 Å². The summed E-state index contributed by atoms with van der Waals surface area (Å²) in [6.45, 7) is 5.55. The van der Waals surface area contributed by atoms with E-state index in [0.29, 0.717) is 6.54 Å². The molecule has 0 aromatic carbocycles. The van der Waals surface area contributed by atoms with Crippen molar-refractivity contribution >= 4 is 0 Å². The molecule has 2 N–H and O–H groups in total. The molecule has 0 heterocycles. The van der Waals surface area contributed by atoms with Crippen LogP contribution >= 0.6 is 0 Å². The van der Waals surface area contributed by atoms with E-state index >= 15 is 0 Å². The molecule has 2 nitrogen and oxygen atoms in total. The molecular weight excluding hydrogens is 88.1 g/mol. The van der Waals surface area contributed by atoms with Crippen molar-refractivity contribution in [3.05, 3.63) is 12.7 Å². The highest BCUT2D eigenvalue weighted by molar-refractivity contribution is 4.68. The minimum atomic E-state index is 0.452. The molecule has 0 fully saturated rings. The van der Waals surface area contributed by atoms with Crippen LogP contribution in [0.4, 0.5) is 0 Å². The normalized spacial score (nSPS) is 8.71. The van der Waals surface area contributed by atoms with Crippen LogP contribution in [0.3, 0.4) is 0 Å². The molecule has 0 bridgehead atoms. The quantitative estimate of drug-likeness (QED) is 0.392. The first-order valence-electron chi connectivity index (χ1n) is 2.38. The molecule has 2 heteroatoms. The van der Waals surface area contributed by atoms with Gasteiger partial charge in [0.25, 0.3) is 0 Å². The summed E-state index contributed by atoms with van der Waals surface area (Å²) >= 11 is 0. The number of nitrogens with one attached hydrogen (secondary N) is 2. The van der Waals surface area contributed by atoms with Gasteiger partial charge in [-0.3, -0.25) is 5.73 Å². The Labute approximate surface area is 44.4 Å². The second-order valence-electron chi connectivity index (χ2n) is 1.24. The van der Waals surface area contributed by atoms with Gasteiger partial charge in [-0.15, -0.1) is 6.58 Å². The summed E-state index contributed by atoms with van der Waals surface area (Å²) in [4.78, 5) is 0. The zero-order chi connectivity index (χ0) is 5.54. The predicted molar refractivity (Wildman–Crippen MR) is 31.0 cm³/mol. The van der Waals surface area contributed by atoms with E-state index in [-0.39, 0.29) is 0 Å². The van der Waals surface area contributed by atoms with Crippen LogP contribution < -0.4 is 11.1 Å². The fourth-order valence-electron chi connectivity index (χ4n) is 0.293. The largest absolute Gasteiger partial charge is 0.312 e. The Bertz CT molecular complexity index is 43.3. The first-order chi connectivity index (χ1) is 3.41. The van der Waals surface area contributed by atoms with Crippen molar-refractivity contribution < 1.29 is 0 Å². The molecule has 0 aromatic rings. The zero-order valence-electron chi connectivity index (χ0n) is 4.41. The first-order valence-corrected chi connectivity index (χ1v) is 2.38. The van der Waals surface area contributed by atoms with Crippen LogP contribution in [-0.2, 0) is 0 Å². The summed E-state index contributed by atoms with van der Waals surface area (Å²) in [6, 6.07) is 0. The lowest BCUT2D eigenvalue weighted by atomic mass is 10.6. The zero-order valence-corrected chi connectivity index (χ0v) is 4.41. The molecule has 0 aromatic heterocycles. The molecular formula is C5H11N2. The Kier molecular flexibility index (Phi) is 5.39. The van der Waals surface area contributed by atoms with Crippen LogP contribution in [0, 0.1) is 0 Å². The molecule has 0 saturated carbocycles. The van der Waals surface area contributed by atoms with E-state index in [2.05, 4.69) is 11.9 Å². The molecule has 0 aliphatic heterocycles. The van der Waals surface area contributed by atoms with Crippen LogP contribution in [0.25, 0.3) is 0 Å². The van der Waals surface area contributed by atoms with E-state index in [9.17, 15) is 0 Å². The molecule has 41 valence electrons. The Morgan fingerprint density at radius 2 is 2.43 bits per heavy atom. The molecule has 0 aliphatic carbocycles. The maximum absolute atomic E-state index is 6.68. The van der Waals surface area contributed by atoms with Gasteiger partial charge >= 0.3 is 0 Å². The fraction of sp³-hybridized carbons (Fsp3) is 0.600. The van der Waals surface area contributed by atoms with Gasteiger partial charge in [0.15, 0.2) is 0 Å². The van der Waals surface area contributed by atoms with Crippen LogP contribution in [-0.4, -0.2) is 19.6 Å². The SMILES string of the molecule is C=CCNCC[NH]. The van der Waals surface area contributed by atoms with Crippen LogP contribution in [0.2, 0.25) is 0 Å². The highest BCUT2D eigenvalue weighted by Crippen LogP contribution is 1.56. The summed E-state index contributed by atoms with van der Waals surface area (Å²) < 4.78 is 0. The van der Waals surface area contributed by atoms with Crippen molar-refractivity contribution in [3.8, 4) is 0 Å². The third-order valence-electron chi connectivity index (χ3n) is 0.590. The van der Waals surface area contributed by atoms with Gasteiger partial charge in [0, 0.05) is 19.6 Å². The average Bonchev–Trinajstić information content (AvgIpc) is 1.69. The minimum Gasteiger partial charge on any atom is -0.312 e. The Morgan fingerprint density at radius 3 is 2.86 bits per heavy atom. The lowest BCUT2D eigenvalue weighted by molar-refractivity contribution is 0.746. The molecule has 0 aliphatic rings. The molecule has 0 saturated heterocycles. The first kappa shape index (κ1) is 6.66. The van der Waals surface area contributed by atoms with Gasteiger partial charge < -0.3 is 5.32 Å². The van der Waals surface area contributed by atoms with Gasteiger partial charge in [-0.1, -0.05) is 6.08 Å². The van der Waals surface area contributed by atoms with Crippen molar-refractivity contribution in [1.82, 2.24) is 11.1 Å². The van der Waals surface area contributed by atoms with Gasteiger partial charge in [-0.05, 0) is 0 Å². The number of hydrogen-bond acceptors (Lipinski definition) is 1. The molecule has 1 radical (unpaired) electrons. The van der Waals surface area contributed by atoms with E-state index in [0.717, 1.165) is 13.1 Å². The maximum atomic E-state index is 6.68. The molecule has 0 spiro atoms. The van der Waals surface area contributed by atoms with Crippen LogP contribution in [0.5, 0.6) is 0 Å². The topological polar surface area (TPSA) is 35.8 Å². The maximum Gasteiger partial charge on any atom is 0.0225 e. The van der Waals surface area contributed by atoms with E-state index in [4.69, 9.17) is 5.73 Å². The molecule has 7 heavy (non-hydrogen) atoms. The molecule has 0 atom stereocenters. The Hall–Kier alpha value is -0.340.